The van der Waals surface area contributed by atoms with Crippen molar-refractivity contribution in [3.05, 3.63) is 32.8 Å². The van der Waals surface area contributed by atoms with Gasteiger partial charge < -0.3 is 4.90 Å². The second-order valence-corrected chi connectivity index (χ2v) is 3.93. The van der Waals surface area contributed by atoms with Gasteiger partial charge in [0.2, 0.25) is 0 Å². The number of hydrogen-bond donors (Lipinski definition) is 0. The Morgan fingerprint density at radius 2 is 1.94 bits per heavy atom. The lowest BCUT2D eigenvalue weighted by Gasteiger charge is -2.24. The number of benzene rings is 1. The summed E-state index contributed by atoms with van der Waals surface area (Å²) in [7, 11) is 0. The standard InChI is InChI=1S/C11H15ClN2O2/c1-4-13(5-2)11-8(3)6-9(14(15)16)7-10(11)12/h6-7H,4-5H2,1-3H3. The molecule has 0 amide bonds. The largest absolute Gasteiger partial charge is 0.371 e. The average Bonchev–Trinajstić information content (AvgIpc) is 2.22. The van der Waals surface area contributed by atoms with Gasteiger partial charge in [-0.25, -0.2) is 0 Å². The van der Waals surface area contributed by atoms with E-state index in [4.69, 9.17) is 11.6 Å². The Bertz CT molecular complexity index is 380. The highest BCUT2D eigenvalue weighted by molar-refractivity contribution is 6.33. The normalized spacial score (nSPS) is 10.2. The molecule has 5 heteroatoms. The van der Waals surface area contributed by atoms with Gasteiger partial charge in [0.05, 0.1) is 15.6 Å². The molecule has 0 unspecified atom stereocenters. The number of hydrogen-bond acceptors (Lipinski definition) is 3. The number of rotatable bonds is 4. The molecule has 0 atom stereocenters. The molecule has 0 aliphatic rings. The van der Waals surface area contributed by atoms with E-state index in [1.54, 1.807) is 6.07 Å². The minimum absolute atomic E-state index is 0.0402. The van der Waals surface area contributed by atoms with Gasteiger partial charge in [0, 0.05) is 25.2 Å². The molecule has 0 heterocycles. The highest BCUT2D eigenvalue weighted by atomic mass is 35.5. The van der Waals surface area contributed by atoms with Crippen LogP contribution >= 0.6 is 11.6 Å². The second kappa shape index (κ2) is 5.16. The van der Waals surface area contributed by atoms with Crippen molar-refractivity contribution in [2.75, 3.05) is 18.0 Å². The minimum Gasteiger partial charge on any atom is -0.371 e. The summed E-state index contributed by atoms with van der Waals surface area (Å²) >= 11 is 6.08. The fraction of sp³-hybridized carbons (Fsp3) is 0.455. The van der Waals surface area contributed by atoms with E-state index >= 15 is 0 Å². The molecule has 0 fully saturated rings. The van der Waals surface area contributed by atoms with Crippen LogP contribution in [0.25, 0.3) is 0 Å². The van der Waals surface area contributed by atoms with Crippen molar-refractivity contribution in [3.8, 4) is 0 Å². The van der Waals surface area contributed by atoms with Gasteiger partial charge in [0.15, 0.2) is 0 Å². The van der Waals surface area contributed by atoms with Crippen molar-refractivity contribution >= 4 is 23.0 Å². The van der Waals surface area contributed by atoms with Crippen LogP contribution in [0.5, 0.6) is 0 Å². The quantitative estimate of drug-likeness (QED) is 0.601. The predicted molar refractivity (Wildman–Crippen MR) is 66.4 cm³/mol. The molecule has 1 aromatic carbocycles. The summed E-state index contributed by atoms with van der Waals surface area (Å²) in [4.78, 5) is 12.3. The lowest BCUT2D eigenvalue weighted by molar-refractivity contribution is -0.384. The van der Waals surface area contributed by atoms with Gasteiger partial charge in [0.1, 0.15) is 0 Å². The molecule has 0 radical (unpaired) electrons. The topological polar surface area (TPSA) is 46.4 Å². The minimum atomic E-state index is -0.426. The Kier molecular flexibility index (Phi) is 4.12. The molecule has 16 heavy (non-hydrogen) atoms. The van der Waals surface area contributed by atoms with Gasteiger partial charge >= 0.3 is 0 Å². The molecule has 88 valence electrons. The Morgan fingerprint density at radius 3 is 2.31 bits per heavy atom. The Labute approximate surface area is 100.0 Å². The monoisotopic (exact) mass is 242 g/mol. The molecule has 0 saturated carbocycles. The third kappa shape index (κ3) is 2.44. The summed E-state index contributed by atoms with van der Waals surface area (Å²) in [5.74, 6) is 0. The van der Waals surface area contributed by atoms with Gasteiger partial charge in [-0.3, -0.25) is 10.1 Å². The number of nitro groups is 1. The van der Waals surface area contributed by atoms with Crippen LogP contribution in [-0.2, 0) is 0 Å². The van der Waals surface area contributed by atoms with Crippen molar-refractivity contribution in [2.24, 2.45) is 0 Å². The smallest absolute Gasteiger partial charge is 0.271 e. The number of aryl methyl sites for hydroxylation is 1. The summed E-state index contributed by atoms with van der Waals surface area (Å²) in [6, 6.07) is 2.96. The number of nitro benzene ring substituents is 1. The van der Waals surface area contributed by atoms with Crippen LogP contribution in [0.4, 0.5) is 11.4 Å². The highest BCUT2D eigenvalue weighted by Crippen LogP contribution is 2.33. The summed E-state index contributed by atoms with van der Waals surface area (Å²) < 4.78 is 0. The van der Waals surface area contributed by atoms with Crippen LogP contribution in [0.2, 0.25) is 5.02 Å². The molecule has 0 aliphatic carbocycles. The first-order valence-corrected chi connectivity index (χ1v) is 5.58. The first-order chi connectivity index (χ1) is 7.51. The maximum absolute atomic E-state index is 10.7. The summed E-state index contributed by atoms with van der Waals surface area (Å²) in [6.45, 7) is 7.55. The fourth-order valence-corrected chi connectivity index (χ4v) is 2.14. The van der Waals surface area contributed by atoms with E-state index in [2.05, 4.69) is 4.90 Å². The third-order valence-electron chi connectivity index (χ3n) is 2.53. The van der Waals surface area contributed by atoms with Crippen LogP contribution in [0, 0.1) is 17.0 Å². The van der Waals surface area contributed by atoms with Crippen molar-refractivity contribution in [2.45, 2.75) is 20.8 Å². The molecule has 4 nitrogen and oxygen atoms in total. The van der Waals surface area contributed by atoms with E-state index in [-0.39, 0.29) is 5.69 Å². The summed E-state index contributed by atoms with van der Waals surface area (Å²) in [6.07, 6.45) is 0. The first kappa shape index (κ1) is 12.8. The highest BCUT2D eigenvalue weighted by Gasteiger charge is 2.16. The average molecular weight is 243 g/mol. The zero-order chi connectivity index (χ0) is 12.3. The van der Waals surface area contributed by atoms with Crippen LogP contribution < -0.4 is 4.90 Å². The molecule has 0 aliphatic heterocycles. The zero-order valence-corrected chi connectivity index (χ0v) is 10.4. The summed E-state index contributed by atoms with van der Waals surface area (Å²) in [5, 5.41) is 11.1. The molecular formula is C11H15ClN2O2. The van der Waals surface area contributed by atoms with Gasteiger partial charge in [0.25, 0.3) is 5.69 Å². The number of halogens is 1. The van der Waals surface area contributed by atoms with Gasteiger partial charge in [-0.15, -0.1) is 0 Å². The van der Waals surface area contributed by atoms with Crippen LogP contribution in [0.1, 0.15) is 19.4 Å². The Morgan fingerprint density at radius 1 is 1.38 bits per heavy atom. The van der Waals surface area contributed by atoms with Crippen LogP contribution in [0.3, 0.4) is 0 Å². The molecule has 0 spiro atoms. The van der Waals surface area contributed by atoms with E-state index in [0.29, 0.717) is 5.02 Å². The SMILES string of the molecule is CCN(CC)c1c(C)cc([N+](=O)[O-])cc1Cl. The molecule has 0 aromatic heterocycles. The lowest BCUT2D eigenvalue weighted by atomic mass is 10.1. The Hall–Kier alpha value is -1.29. The van der Waals surface area contributed by atoms with E-state index in [1.807, 2.05) is 20.8 Å². The predicted octanol–water partition coefficient (Wildman–Crippen LogP) is 3.40. The fourth-order valence-electron chi connectivity index (χ4n) is 1.76. The van der Waals surface area contributed by atoms with Crippen LogP contribution in [0.15, 0.2) is 12.1 Å². The van der Waals surface area contributed by atoms with Gasteiger partial charge in [-0.2, -0.15) is 0 Å². The molecule has 1 rings (SSSR count). The summed E-state index contributed by atoms with van der Waals surface area (Å²) in [5.41, 5.74) is 1.76. The van der Waals surface area contributed by atoms with Crippen LogP contribution in [-0.4, -0.2) is 18.0 Å². The maximum atomic E-state index is 10.7. The maximum Gasteiger partial charge on any atom is 0.271 e. The molecular weight excluding hydrogens is 228 g/mol. The van der Waals surface area contributed by atoms with E-state index in [1.165, 1.54) is 6.07 Å². The molecule has 1 aromatic rings. The van der Waals surface area contributed by atoms with E-state index < -0.39 is 4.92 Å². The molecule has 0 bridgehead atoms. The molecule has 0 N–H and O–H groups in total. The third-order valence-corrected chi connectivity index (χ3v) is 2.82. The van der Waals surface area contributed by atoms with Gasteiger partial charge in [-0.05, 0) is 26.3 Å². The van der Waals surface area contributed by atoms with E-state index in [0.717, 1.165) is 24.3 Å². The zero-order valence-electron chi connectivity index (χ0n) is 9.66. The van der Waals surface area contributed by atoms with Crippen molar-refractivity contribution < 1.29 is 4.92 Å². The number of nitrogens with zero attached hydrogens (tertiary/aromatic N) is 2. The number of anilines is 1. The Balaban J connectivity index is 3.26. The second-order valence-electron chi connectivity index (χ2n) is 3.52. The number of non-ortho nitro benzene ring substituents is 1. The van der Waals surface area contributed by atoms with E-state index in [9.17, 15) is 10.1 Å². The van der Waals surface area contributed by atoms with Crippen molar-refractivity contribution in [3.63, 3.8) is 0 Å². The van der Waals surface area contributed by atoms with Crippen molar-refractivity contribution in [1.29, 1.82) is 0 Å². The first-order valence-electron chi connectivity index (χ1n) is 5.20. The van der Waals surface area contributed by atoms with Crippen molar-refractivity contribution in [1.82, 2.24) is 0 Å². The molecule has 0 saturated heterocycles. The lowest BCUT2D eigenvalue weighted by Crippen LogP contribution is -2.23. The van der Waals surface area contributed by atoms with Gasteiger partial charge in [-0.1, -0.05) is 11.6 Å².